The summed E-state index contributed by atoms with van der Waals surface area (Å²) in [5, 5.41) is 27.5. The highest BCUT2D eigenvalue weighted by Gasteiger charge is 2.13. The van der Waals surface area contributed by atoms with Crippen molar-refractivity contribution in [2.45, 2.75) is 12.5 Å². The third-order valence-corrected chi connectivity index (χ3v) is 3.42. The van der Waals surface area contributed by atoms with Gasteiger partial charge in [-0.15, -0.1) is 0 Å². The lowest BCUT2D eigenvalue weighted by Crippen LogP contribution is -2.35. The number of aliphatic hydroxyl groups excluding tert-OH is 2. The average molecular weight is 331 g/mol. The molecule has 24 heavy (non-hydrogen) atoms. The van der Waals surface area contributed by atoms with Crippen LogP contribution in [-0.2, 0) is 4.79 Å². The summed E-state index contributed by atoms with van der Waals surface area (Å²) in [4.78, 5) is 12.5. The van der Waals surface area contributed by atoms with Gasteiger partial charge in [-0.3, -0.25) is 4.79 Å². The summed E-state index contributed by atoms with van der Waals surface area (Å²) >= 11 is 0. The van der Waals surface area contributed by atoms with Crippen molar-refractivity contribution in [2.75, 3.05) is 24.6 Å². The lowest BCUT2D eigenvalue weighted by Gasteiger charge is -2.26. The van der Waals surface area contributed by atoms with Crippen molar-refractivity contribution in [1.82, 2.24) is 0 Å². The zero-order valence-electron chi connectivity index (χ0n) is 13.2. The Kier molecular flexibility index (Phi) is 6.60. The number of ether oxygens (including phenoxy) is 1. The molecule has 128 valence electrons. The number of carboxylic acids is 1. The average Bonchev–Trinajstić information content (AvgIpc) is 2.60. The highest BCUT2D eigenvalue weighted by Crippen LogP contribution is 2.24. The van der Waals surface area contributed by atoms with Crippen LogP contribution in [0.2, 0.25) is 0 Å². The number of hydrogen-bond acceptors (Lipinski definition) is 5. The van der Waals surface area contributed by atoms with Crippen molar-refractivity contribution in [3.8, 4) is 11.5 Å². The lowest BCUT2D eigenvalue weighted by molar-refractivity contribution is -0.136. The van der Waals surface area contributed by atoms with Gasteiger partial charge in [-0.25, -0.2) is 0 Å². The number of para-hydroxylation sites is 1. The van der Waals surface area contributed by atoms with Crippen molar-refractivity contribution >= 4 is 11.7 Å². The zero-order chi connectivity index (χ0) is 17.4. The third-order valence-electron chi connectivity index (χ3n) is 3.42. The van der Waals surface area contributed by atoms with Gasteiger partial charge in [-0.2, -0.15) is 0 Å². The van der Waals surface area contributed by atoms with Gasteiger partial charge in [0.15, 0.2) is 0 Å². The molecule has 0 radical (unpaired) electrons. The van der Waals surface area contributed by atoms with E-state index in [9.17, 15) is 9.90 Å². The SMILES string of the molecule is O=C(O)CCN(CC(O)CO)c1ccc(Oc2ccccc2)cc1. The molecule has 2 aromatic carbocycles. The van der Waals surface area contributed by atoms with Gasteiger partial charge in [0, 0.05) is 18.8 Å². The van der Waals surface area contributed by atoms with Crippen molar-refractivity contribution < 1.29 is 24.9 Å². The summed E-state index contributed by atoms with van der Waals surface area (Å²) < 4.78 is 5.71. The molecule has 0 aliphatic heterocycles. The normalized spacial score (nSPS) is 11.8. The highest BCUT2D eigenvalue weighted by atomic mass is 16.5. The minimum Gasteiger partial charge on any atom is -0.481 e. The molecule has 0 heterocycles. The molecule has 0 saturated heterocycles. The predicted octanol–water partition coefficient (Wildman–Crippen LogP) is 2.11. The van der Waals surface area contributed by atoms with Gasteiger partial charge < -0.3 is 25.0 Å². The Hall–Kier alpha value is -2.57. The van der Waals surface area contributed by atoms with E-state index in [2.05, 4.69) is 0 Å². The van der Waals surface area contributed by atoms with Crippen LogP contribution in [0.1, 0.15) is 6.42 Å². The molecule has 0 spiro atoms. The Morgan fingerprint density at radius 3 is 2.25 bits per heavy atom. The summed E-state index contributed by atoms with van der Waals surface area (Å²) in [6.45, 7) is 0.0206. The topological polar surface area (TPSA) is 90.2 Å². The summed E-state index contributed by atoms with van der Waals surface area (Å²) in [6, 6.07) is 16.5. The number of carbonyl (C=O) groups is 1. The molecule has 6 nitrogen and oxygen atoms in total. The van der Waals surface area contributed by atoms with E-state index in [-0.39, 0.29) is 26.1 Å². The third kappa shape index (κ3) is 5.57. The second-order valence-corrected chi connectivity index (χ2v) is 5.34. The number of anilines is 1. The largest absolute Gasteiger partial charge is 0.481 e. The van der Waals surface area contributed by atoms with E-state index in [4.69, 9.17) is 14.9 Å². The summed E-state index contributed by atoms with van der Waals surface area (Å²) in [6.07, 6.45) is -0.987. The van der Waals surface area contributed by atoms with Crippen LogP contribution in [0.3, 0.4) is 0 Å². The molecular weight excluding hydrogens is 310 g/mol. The Morgan fingerprint density at radius 1 is 1.04 bits per heavy atom. The molecule has 2 rings (SSSR count). The number of benzene rings is 2. The molecule has 3 N–H and O–H groups in total. The zero-order valence-corrected chi connectivity index (χ0v) is 13.2. The van der Waals surface area contributed by atoms with Crippen LogP contribution in [0.4, 0.5) is 5.69 Å². The van der Waals surface area contributed by atoms with Crippen molar-refractivity contribution in [2.24, 2.45) is 0 Å². The Balaban J connectivity index is 2.07. The van der Waals surface area contributed by atoms with E-state index >= 15 is 0 Å². The van der Waals surface area contributed by atoms with Crippen LogP contribution in [0.5, 0.6) is 11.5 Å². The molecule has 0 amide bonds. The maximum atomic E-state index is 10.8. The van der Waals surface area contributed by atoms with E-state index in [0.717, 1.165) is 11.4 Å². The number of carboxylic acid groups (broad SMARTS) is 1. The van der Waals surface area contributed by atoms with Gasteiger partial charge in [0.25, 0.3) is 0 Å². The number of aliphatic carboxylic acids is 1. The van der Waals surface area contributed by atoms with Gasteiger partial charge in [-0.05, 0) is 36.4 Å². The van der Waals surface area contributed by atoms with Crippen LogP contribution in [0.15, 0.2) is 54.6 Å². The van der Waals surface area contributed by atoms with Gasteiger partial charge in [-0.1, -0.05) is 18.2 Å². The van der Waals surface area contributed by atoms with Gasteiger partial charge >= 0.3 is 5.97 Å². The standard InChI is InChI=1S/C18H21NO5/c20-13-15(21)12-19(11-10-18(22)23)14-6-8-17(9-7-14)24-16-4-2-1-3-5-16/h1-9,15,20-21H,10-13H2,(H,22,23). The van der Waals surface area contributed by atoms with Crippen molar-refractivity contribution in [3.05, 3.63) is 54.6 Å². The molecule has 0 aliphatic rings. The second-order valence-electron chi connectivity index (χ2n) is 5.34. The predicted molar refractivity (Wildman–Crippen MR) is 90.5 cm³/mol. The lowest BCUT2D eigenvalue weighted by atomic mass is 10.2. The molecule has 0 saturated carbocycles. The smallest absolute Gasteiger partial charge is 0.305 e. The fraction of sp³-hybridized carbons (Fsp3) is 0.278. The molecule has 0 bridgehead atoms. The molecule has 0 fully saturated rings. The summed E-state index contributed by atoms with van der Waals surface area (Å²) in [5.41, 5.74) is 0.754. The number of rotatable bonds is 9. The first kappa shape index (κ1) is 17.8. The van der Waals surface area contributed by atoms with Gasteiger partial charge in [0.1, 0.15) is 11.5 Å². The Morgan fingerprint density at radius 2 is 1.67 bits per heavy atom. The Labute approximate surface area is 140 Å². The van der Waals surface area contributed by atoms with Crippen molar-refractivity contribution in [1.29, 1.82) is 0 Å². The van der Waals surface area contributed by atoms with E-state index in [1.807, 2.05) is 30.3 Å². The van der Waals surface area contributed by atoms with Crippen LogP contribution >= 0.6 is 0 Å². The first-order valence-corrected chi connectivity index (χ1v) is 7.67. The van der Waals surface area contributed by atoms with Crippen LogP contribution in [0.25, 0.3) is 0 Å². The first-order valence-electron chi connectivity index (χ1n) is 7.67. The fourth-order valence-corrected chi connectivity index (χ4v) is 2.22. The van der Waals surface area contributed by atoms with Gasteiger partial charge in [0.2, 0.25) is 0 Å². The van der Waals surface area contributed by atoms with E-state index in [1.165, 1.54) is 0 Å². The molecule has 1 unspecified atom stereocenters. The number of aliphatic hydroxyl groups is 2. The van der Waals surface area contributed by atoms with Crippen LogP contribution < -0.4 is 9.64 Å². The van der Waals surface area contributed by atoms with Crippen molar-refractivity contribution in [3.63, 3.8) is 0 Å². The van der Waals surface area contributed by atoms with E-state index in [1.54, 1.807) is 29.2 Å². The maximum Gasteiger partial charge on any atom is 0.305 e. The minimum absolute atomic E-state index is 0.0551. The molecule has 1 atom stereocenters. The van der Waals surface area contributed by atoms with Crippen LogP contribution in [0, 0.1) is 0 Å². The molecule has 6 heteroatoms. The molecule has 0 aromatic heterocycles. The Bertz CT molecular complexity index is 630. The van der Waals surface area contributed by atoms with Gasteiger partial charge in [0.05, 0.1) is 19.1 Å². The van der Waals surface area contributed by atoms with E-state index < -0.39 is 12.1 Å². The summed E-state index contributed by atoms with van der Waals surface area (Å²) in [5.74, 6) is 0.469. The van der Waals surface area contributed by atoms with E-state index in [0.29, 0.717) is 5.75 Å². The first-order chi connectivity index (χ1) is 11.6. The second kappa shape index (κ2) is 8.90. The maximum absolute atomic E-state index is 10.8. The molecule has 2 aromatic rings. The number of hydrogen-bond donors (Lipinski definition) is 3. The highest BCUT2D eigenvalue weighted by molar-refractivity contribution is 5.67. The monoisotopic (exact) mass is 331 g/mol. The summed E-state index contributed by atoms with van der Waals surface area (Å²) in [7, 11) is 0. The quantitative estimate of drug-likeness (QED) is 0.652. The number of nitrogens with zero attached hydrogens (tertiary/aromatic N) is 1. The molecular formula is C18H21NO5. The molecule has 0 aliphatic carbocycles. The minimum atomic E-state index is -0.931. The fourth-order valence-electron chi connectivity index (χ4n) is 2.22. The van der Waals surface area contributed by atoms with Crippen LogP contribution in [-0.4, -0.2) is 47.1 Å².